The molecule has 1 fully saturated rings. The Morgan fingerprint density at radius 3 is 2.80 bits per heavy atom. The molecule has 1 saturated heterocycles. The first-order valence-corrected chi connectivity index (χ1v) is 14.8. The van der Waals surface area contributed by atoms with Crippen LogP contribution in [0.2, 0.25) is 5.02 Å². The van der Waals surface area contributed by atoms with Gasteiger partial charge in [0.05, 0.1) is 53.6 Å². The molecule has 2 atom stereocenters. The molecule has 1 aromatic heterocycles. The molecule has 0 radical (unpaired) electrons. The summed E-state index contributed by atoms with van der Waals surface area (Å²) >= 11 is 6.09. The summed E-state index contributed by atoms with van der Waals surface area (Å²) in [5.74, 6) is -2.03. The van der Waals surface area contributed by atoms with Gasteiger partial charge in [0.2, 0.25) is 11.8 Å². The molecule has 0 aliphatic carbocycles. The molecule has 10 nitrogen and oxygen atoms in total. The summed E-state index contributed by atoms with van der Waals surface area (Å²) in [6, 6.07) is 11.8. The molecule has 1 spiro atoms. The predicted molar refractivity (Wildman–Crippen MR) is 160 cm³/mol. The number of likely N-dealkylation sites (tertiary alicyclic amines) is 1. The number of hydrogen-bond donors (Lipinski definition) is 2. The van der Waals surface area contributed by atoms with E-state index >= 15 is 4.39 Å². The second-order valence-electron chi connectivity index (χ2n) is 11.3. The Morgan fingerprint density at radius 1 is 1.14 bits per heavy atom. The summed E-state index contributed by atoms with van der Waals surface area (Å²) < 4.78 is 25.8. The van der Waals surface area contributed by atoms with Crippen LogP contribution in [0, 0.1) is 5.82 Å². The Bertz CT molecular complexity index is 1680. The highest BCUT2D eigenvalue weighted by atomic mass is 35.5. The van der Waals surface area contributed by atoms with Crippen LogP contribution in [-0.2, 0) is 35.9 Å². The number of carbonyl (C=O) groups excluding carboxylic acids is 4. The fourth-order valence-electron chi connectivity index (χ4n) is 6.30. The largest absolute Gasteiger partial charge is 0.469 e. The molecule has 3 aliphatic heterocycles. The summed E-state index contributed by atoms with van der Waals surface area (Å²) in [4.78, 5) is 57.5. The van der Waals surface area contributed by atoms with Gasteiger partial charge in [-0.2, -0.15) is 0 Å². The van der Waals surface area contributed by atoms with Crippen molar-refractivity contribution in [3.63, 3.8) is 0 Å². The quantitative estimate of drug-likeness (QED) is 0.368. The van der Waals surface area contributed by atoms with Gasteiger partial charge in [0.25, 0.3) is 0 Å². The zero-order valence-corrected chi connectivity index (χ0v) is 24.7. The van der Waals surface area contributed by atoms with Crippen molar-refractivity contribution < 1.29 is 33.0 Å². The normalized spacial score (nSPS) is 21.2. The van der Waals surface area contributed by atoms with Crippen molar-refractivity contribution in [1.82, 2.24) is 9.88 Å². The molecule has 12 heteroatoms. The van der Waals surface area contributed by atoms with Gasteiger partial charge in [-0.15, -0.1) is 0 Å². The number of methoxy groups -OCH3 is 1. The van der Waals surface area contributed by atoms with Crippen molar-refractivity contribution in [2.75, 3.05) is 30.8 Å². The van der Waals surface area contributed by atoms with Gasteiger partial charge in [-0.1, -0.05) is 30.2 Å². The van der Waals surface area contributed by atoms with Crippen molar-refractivity contribution in [3.05, 3.63) is 76.2 Å². The van der Waals surface area contributed by atoms with E-state index in [4.69, 9.17) is 21.1 Å². The predicted octanol–water partition coefficient (Wildman–Crippen LogP) is 5.54. The standard InChI is InChI=1S/C32H30ClFN4O6/c1-43-27(40)15-18-6-7-21-24-16-19(10-12-35-24)20(4-2-3-5-26(39)36-25(21)14-18)30(41)38-13-11-32(17-38)28-23(37-31(42)44-32)9-8-22(33)29(28)34/h6-10,12,14,16,20H,2-5,11,13,15,17H2,1H3,(H,36,39)(H,37,42)/t20-,32+/m1/s1. The Hall–Kier alpha value is -4.51. The van der Waals surface area contributed by atoms with E-state index in [0.717, 1.165) is 5.56 Å². The number of esters is 1. The second-order valence-corrected chi connectivity index (χ2v) is 11.7. The number of rotatable bonds is 3. The molecule has 44 heavy (non-hydrogen) atoms. The van der Waals surface area contributed by atoms with Crippen LogP contribution in [0.3, 0.4) is 0 Å². The van der Waals surface area contributed by atoms with Gasteiger partial charge in [-0.25, -0.2) is 9.18 Å². The van der Waals surface area contributed by atoms with Gasteiger partial charge < -0.3 is 19.7 Å². The summed E-state index contributed by atoms with van der Waals surface area (Å²) in [6.45, 7) is 0.228. The summed E-state index contributed by atoms with van der Waals surface area (Å²) in [7, 11) is 1.32. The maximum atomic E-state index is 15.3. The van der Waals surface area contributed by atoms with Crippen molar-refractivity contribution in [3.8, 4) is 11.3 Å². The number of hydrogen-bond acceptors (Lipinski definition) is 7. The number of ether oxygens (including phenoxy) is 2. The van der Waals surface area contributed by atoms with E-state index in [-0.39, 0.29) is 60.4 Å². The minimum absolute atomic E-state index is 0.0217. The Labute approximate surface area is 257 Å². The third-order valence-corrected chi connectivity index (χ3v) is 8.75. The number of fused-ring (bicyclic) bond motifs is 6. The number of halogens is 2. The molecular weight excluding hydrogens is 591 g/mol. The number of nitrogens with zero attached hydrogens (tertiary/aromatic N) is 2. The molecule has 4 heterocycles. The maximum Gasteiger partial charge on any atom is 0.412 e. The Morgan fingerprint density at radius 2 is 1.98 bits per heavy atom. The minimum atomic E-state index is -1.37. The number of carbonyl (C=O) groups is 4. The van der Waals surface area contributed by atoms with Crippen LogP contribution < -0.4 is 10.6 Å². The van der Waals surface area contributed by atoms with Gasteiger partial charge >= 0.3 is 12.1 Å². The lowest BCUT2D eigenvalue weighted by atomic mass is 9.89. The maximum absolute atomic E-state index is 15.3. The molecule has 228 valence electrons. The number of benzene rings is 2. The van der Waals surface area contributed by atoms with E-state index in [1.165, 1.54) is 19.2 Å². The van der Waals surface area contributed by atoms with Crippen LogP contribution in [0.5, 0.6) is 0 Å². The molecule has 2 aromatic carbocycles. The van der Waals surface area contributed by atoms with Crippen LogP contribution in [0.25, 0.3) is 11.3 Å². The smallest absolute Gasteiger partial charge is 0.412 e. The lowest BCUT2D eigenvalue weighted by Gasteiger charge is -2.36. The molecule has 2 bridgehead atoms. The highest BCUT2D eigenvalue weighted by molar-refractivity contribution is 6.31. The molecule has 3 amide bonds. The molecule has 0 saturated carbocycles. The second kappa shape index (κ2) is 11.9. The third kappa shape index (κ3) is 5.59. The van der Waals surface area contributed by atoms with Crippen LogP contribution in [0.4, 0.5) is 20.6 Å². The highest BCUT2D eigenvalue weighted by Crippen LogP contribution is 2.46. The Balaban J connectivity index is 1.33. The molecule has 0 unspecified atom stereocenters. The molecule has 3 aromatic rings. The third-order valence-electron chi connectivity index (χ3n) is 8.46. The van der Waals surface area contributed by atoms with Gasteiger partial charge in [0.1, 0.15) is 0 Å². The molecular formula is C32H30ClFN4O6. The molecule has 6 rings (SSSR count). The average molecular weight is 621 g/mol. The topological polar surface area (TPSA) is 127 Å². The highest BCUT2D eigenvalue weighted by Gasteiger charge is 2.51. The zero-order chi connectivity index (χ0) is 31.0. The fraction of sp³-hybridized carbons (Fsp3) is 0.344. The average Bonchev–Trinajstić information content (AvgIpc) is 3.41. The van der Waals surface area contributed by atoms with E-state index in [9.17, 15) is 19.2 Å². The lowest BCUT2D eigenvalue weighted by molar-refractivity contribution is -0.139. The van der Waals surface area contributed by atoms with E-state index < -0.39 is 29.4 Å². The van der Waals surface area contributed by atoms with E-state index in [0.29, 0.717) is 41.8 Å². The monoisotopic (exact) mass is 620 g/mol. The lowest BCUT2D eigenvalue weighted by Crippen LogP contribution is -2.44. The number of nitrogens with one attached hydrogen (secondary N) is 2. The summed E-state index contributed by atoms with van der Waals surface area (Å²) in [6.07, 6.45) is 3.04. The van der Waals surface area contributed by atoms with Gasteiger partial charge in [-0.3, -0.25) is 24.7 Å². The van der Waals surface area contributed by atoms with E-state index in [1.54, 1.807) is 35.4 Å². The number of amides is 3. The van der Waals surface area contributed by atoms with Crippen molar-refractivity contribution in [2.45, 2.75) is 50.0 Å². The first-order chi connectivity index (χ1) is 21.2. The van der Waals surface area contributed by atoms with Gasteiger partial charge in [-0.05, 0) is 54.3 Å². The molecule has 3 aliphatic rings. The molecule has 2 N–H and O–H groups in total. The van der Waals surface area contributed by atoms with E-state index in [1.807, 2.05) is 6.07 Å². The minimum Gasteiger partial charge on any atom is -0.469 e. The number of anilines is 2. The van der Waals surface area contributed by atoms with Crippen molar-refractivity contribution in [2.24, 2.45) is 0 Å². The summed E-state index contributed by atoms with van der Waals surface area (Å²) in [5, 5.41) is 5.39. The first-order valence-electron chi connectivity index (χ1n) is 14.4. The van der Waals surface area contributed by atoms with Crippen LogP contribution in [0.15, 0.2) is 48.7 Å². The van der Waals surface area contributed by atoms with Crippen molar-refractivity contribution in [1.29, 1.82) is 0 Å². The van der Waals surface area contributed by atoms with Gasteiger partial charge in [0, 0.05) is 31.1 Å². The summed E-state index contributed by atoms with van der Waals surface area (Å²) in [5.41, 5.74) is 2.17. The zero-order valence-electron chi connectivity index (χ0n) is 24.0. The first kappa shape index (κ1) is 29.6. The number of pyridine rings is 1. The van der Waals surface area contributed by atoms with E-state index in [2.05, 4.69) is 15.6 Å². The van der Waals surface area contributed by atoms with Crippen LogP contribution >= 0.6 is 11.6 Å². The fourth-order valence-corrected chi connectivity index (χ4v) is 6.46. The number of aromatic nitrogens is 1. The van der Waals surface area contributed by atoms with Crippen LogP contribution in [0.1, 0.15) is 54.7 Å². The Kier molecular flexibility index (Phi) is 7.98. The SMILES string of the molecule is COC(=O)Cc1ccc2c(c1)NC(=O)CCCC[C@@H](C(=O)N1CC[C@@]3(C1)OC(=O)Nc1ccc(Cl)c(F)c13)c1ccnc-2c1. The van der Waals surface area contributed by atoms with Crippen LogP contribution in [-0.4, -0.2) is 54.0 Å². The van der Waals surface area contributed by atoms with Gasteiger partial charge in [0.15, 0.2) is 11.4 Å². The van der Waals surface area contributed by atoms with Crippen molar-refractivity contribution >= 4 is 46.9 Å².